The summed E-state index contributed by atoms with van der Waals surface area (Å²) in [6, 6.07) is 0. The second-order valence-electron chi connectivity index (χ2n) is 8.30. The van der Waals surface area contributed by atoms with Crippen LogP contribution in [-0.4, -0.2) is 23.9 Å². The summed E-state index contributed by atoms with van der Waals surface area (Å²) in [7, 11) is 0. The number of nitrogens with zero attached hydrogens (tertiary/aromatic N) is 1. The number of carbonyl (C=O) groups excluding carboxylic acids is 1. The predicted molar refractivity (Wildman–Crippen MR) is 114 cm³/mol. The summed E-state index contributed by atoms with van der Waals surface area (Å²) in [5.74, 6) is 2.19. The predicted octanol–water partition coefficient (Wildman–Crippen LogP) is 7.45. The highest BCUT2D eigenvalue weighted by atomic mass is 16.1. The van der Waals surface area contributed by atoms with Crippen LogP contribution in [0, 0.1) is 0 Å². The molecule has 1 fully saturated rings. The molecule has 1 heterocycles. The van der Waals surface area contributed by atoms with Crippen LogP contribution in [0.5, 0.6) is 0 Å². The van der Waals surface area contributed by atoms with Gasteiger partial charge < -0.3 is 4.90 Å². The molecule has 0 aromatic heterocycles. The van der Waals surface area contributed by atoms with E-state index in [9.17, 15) is 4.79 Å². The Morgan fingerprint density at radius 3 is 1.42 bits per heavy atom. The maximum absolute atomic E-state index is 11.1. The minimum atomic E-state index is 0.938. The van der Waals surface area contributed by atoms with Gasteiger partial charge in [-0.05, 0) is 25.7 Å². The van der Waals surface area contributed by atoms with E-state index in [1.807, 2.05) is 0 Å². The van der Waals surface area contributed by atoms with E-state index in [1.54, 1.807) is 0 Å². The summed E-state index contributed by atoms with van der Waals surface area (Å²) < 4.78 is 0. The lowest BCUT2D eigenvalue weighted by Gasteiger charge is -2.17. The first-order chi connectivity index (χ1) is 12.9. The van der Waals surface area contributed by atoms with Gasteiger partial charge in [0.15, 0.2) is 0 Å². The van der Waals surface area contributed by atoms with Crippen LogP contribution >= 0.6 is 0 Å². The zero-order valence-electron chi connectivity index (χ0n) is 17.7. The van der Waals surface area contributed by atoms with E-state index in [-0.39, 0.29) is 0 Å². The molecule has 1 rings (SSSR count). The molecule has 0 bridgehead atoms. The number of likely N-dealkylation sites (tertiary alicyclic amines) is 1. The Morgan fingerprint density at radius 1 is 0.654 bits per heavy atom. The van der Waals surface area contributed by atoms with Crippen LogP contribution in [0.4, 0.5) is 0 Å². The summed E-state index contributed by atoms with van der Waals surface area (Å²) in [5, 5.41) is 0. The first-order valence-electron chi connectivity index (χ1n) is 11.9. The van der Waals surface area contributed by atoms with Gasteiger partial charge in [-0.2, -0.15) is 0 Å². The average Bonchev–Trinajstić information content (AvgIpc) is 3.19. The molecular formula is C24H45NO. The molecule has 0 aromatic carbocycles. The molecule has 0 saturated carbocycles. The minimum Gasteiger partial charge on any atom is -0.366 e. The van der Waals surface area contributed by atoms with Gasteiger partial charge in [-0.3, -0.25) is 0 Å². The molecule has 1 saturated heterocycles. The molecule has 2 nitrogen and oxygen atoms in total. The molecule has 1 aliphatic rings. The van der Waals surface area contributed by atoms with Gasteiger partial charge in [0.1, 0.15) is 5.94 Å². The van der Waals surface area contributed by atoms with Crippen molar-refractivity contribution in [1.29, 1.82) is 0 Å². The summed E-state index contributed by atoms with van der Waals surface area (Å²) in [6.45, 7) is 4.43. The van der Waals surface area contributed by atoms with Crippen LogP contribution in [0.15, 0.2) is 5.70 Å². The molecule has 2 heteroatoms. The van der Waals surface area contributed by atoms with Gasteiger partial charge in [-0.15, -0.1) is 0 Å². The van der Waals surface area contributed by atoms with Gasteiger partial charge in [0.05, 0.1) is 5.70 Å². The Balaban J connectivity index is 1.76. The highest BCUT2D eigenvalue weighted by Crippen LogP contribution is 2.19. The van der Waals surface area contributed by atoms with Crippen LogP contribution in [0.3, 0.4) is 0 Å². The van der Waals surface area contributed by atoms with E-state index in [2.05, 4.69) is 17.8 Å². The van der Waals surface area contributed by atoms with E-state index >= 15 is 0 Å². The molecule has 1 aliphatic heterocycles. The van der Waals surface area contributed by atoms with Crippen LogP contribution in [0.1, 0.15) is 129 Å². The van der Waals surface area contributed by atoms with Gasteiger partial charge in [0.2, 0.25) is 0 Å². The maximum atomic E-state index is 11.1. The Hall–Kier alpha value is -0.750. The van der Waals surface area contributed by atoms with Crippen molar-refractivity contribution < 1.29 is 4.79 Å². The third kappa shape index (κ3) is 12.6. The summed E-state index contributed by atoms with van der Waals surface area (Å²) >= 11 is 0. The van der Waals surface area contributed by atoms with Crippen molar-refractivity contribution in [3.05, 3.63) is 5.70 Å². The van der Waals surface area contributed by atoms with Crippen LogP contribution in [-0.2, 0) is 4.79 Å². The Kier molecular flexibility index (Phi) is 15.8. The lowest BCUT2D eigenvalue weighted by atomic mass is 10.0. The molecule has 0 unspecified atom stereocenters. The number of allylic oxidation sites excluding steroid dienone is 1. The number of hydrogen-bond donors (Lipinski definition) is 0. The molecule has 0 aliphatic carbocycles. The summed E-state index contributed by atoms with van der Waals surface area (Å²) in [6.07, 6.45) is 25.8. The third-order valence-corrected chi connectivity index (χ3v) is 5.87. The molecule has 0 radical (unpaired) electrons. The fraction of sp³-hybridized carbons (Fsp3) is 0.917. The number of unbranched alkanes of at least 4 members (excludes halogenated alkanes) is 15. The van der Waals surface area contributed by atoms with Crippen molar-refractivity contribution in [3.63, 3.8) is 0 Å². The lowest BCUT2D eigenvalue weighted by Crippen LogP contribution is -2.18. The van der Waals surface area contributed by atoms with Crippen molar-refractivity contribution >= 4 is 5.94 Å². The molecular weight excluding hydrogens is 318 g/mol. The molecule has 0 N–H and O–H groups in total. The van der Waals surface area contributed by atoms with Crippen molar-refractivity contribution in [1.82, 2.24) is 4.90 Å². The Morgan fingerprint density at radius 2 is 1.04 bits per heavy atom. The van der Waals surface area contributed by atoms with Gasteiger partial charge in [-0.25, -0.2) is 4.79 Å². The van der Waals surface area contributed by atoms with Crippen molar-refractivity contribution in [3.8, 4) is 0 Å². The Bertz CT molecular complexity index is 353. The summed E-state index contributed by atoms with van der Waals surface area (Å²) in [5.41, 5.74) is 0.938. The largest absolute Gasteiger partial charge is 0.366 e. The quantitative estimate of drug-likeness (QED) is 0.186. The fourth-order valence-electron chi connectivity index (χ4n) is 4.10. The number of rotatable bonds is 18. The zero-order valence-corrected chi connectivity index (χ0v) is 17.7. The standard InChI is InChI=1S/C24H45NO/c1-2-3-4-5-6-7-8-9-10-11-12-13-14-15-16-17-20-24(23-26)25-21-18-19-22-25/h2-22H2,1H3. The molecule has 0 aromatic rings. The van der Waals surface area contributed by atoms with Crippen molar-refractivity contribution in [2.45, 2.75) is 129 Å². The summed E-state index contributed by atoms with van der Waals surface area (Å²) in [4.78, 5) is 13.3. The smallest absolute Gasteiger partial charge is 0.145 e. The van der Waals surface area contributed by atoms with E-state index in [0.717, 1.165) is 25.2 Å². The molecule has 26 heavy (non-hydrogen) atoms. The fourth-order valence-corrected chi connectivity index (χ4v) is 4.10. The highest BCUT2D eigenvalue weighted by molar-refractivity contribution is 5.51. The van der Waals surface area contributed by atoms with Crippen LogP contribution in [0.2, 0.25) is 0 Å². The van der Waals surface area contributed by atoms with E-state index in [0.29, 0.717) is 0 Å². The van der Waals surface area contributed by atoms with Gasteiger partial charge >= 0.3 is 0 Å². The van der Waals surface area contributed by atoms with Gasteiger partial charge in [0.25, 0.3) is 0 Å². The van der Waals surface area contributed by atoms with Gasteiger partial charge in [-0.1, -0.05) is 103 Å². The second kappa shape index (κ2) is 17.7. The van der Waals surface area contributed by atoms with E-state index < -0.39 is 0 Å². The van der Waals surface area contributed by atoms with E-state index in [4.69, 9.17) is 0 Å². The lowest BCUT2D eigenvalue weighted by molar-refractivity contribution is 0.402. The molecule has 0 amide bonds. The van der Waals surface area contributed by atoms with Gasteiger partial charge in [0, 0.05) is 13.1 Å². The minimum absolute atomic E-state index is 0.938. The van der Waals surface area contributed by atoms with Crippen LogP contribution in [0.25, 0.3) is 0 Å². The third-order valence-electron chi connectivity index (χ3n) is 5.87. The number of hydrogen-bond acceptors (Lipinski definition) is 2. The second-order valence-corrected chi connectivity index (χ2v) is 8.30. The zero-order chi connectivity index (χ0) is 18.7. The van der Waals surface area contributed by atoms with Crippen molar-refractivity contribution in [2.75, 3.05) is 13.1 Å². The first-order valence-corrected chi connectivity index (χ1v) is 11.9. The highest BCUT2D eigenvalue weighted by Gasteiger charge is 2.14. The monoisotopic (exact) mass is 363 g/mol. The van der Waals surface area contributed by atoms with E-state index in [1.165, 1.54) is 116 Å². The topological polar surface area (TPSA) is 20.3 Å². The average molecular weight is 364 g/mol. The van der Waals surface area contributed by atoms with Crippen LogP contribution < -0.4 is 0 Å². The maximum Gasteiger partial charge on any atom is 0.145 e. The molecule has 0 spiro atoms. The normalized spacial score (nSPS) is 14.0. The first kappa shape index (κ1) is 23.3. The molecule has 0 atom stereocenters. The Labute approximate surface area is 163 Å². The molecule has 152 valence electrons. The van der Waals surface area contributed by atoms with Crippen molar-refractivity contribution in [2.24, 2.45) is 0 Å². The SMILES string of the molecule is CCCCCCCCCCCCCCCCCCC(=C=O)N1CCCC1.